The molecule has 0 atom stereocenters. The summed E-state index contributed by atoms with van der Waals surface area (Å²) in [5.41, 5.74) is 5.35. The number of ether oxygens (including phenoxy) is 1. The summed E-state index contributed by atoms with van der Waals surface area (Å²) in [5.74, 6) is 0.179. The number of hydrazine groups is 1. The van der Waals surface area contributed by atoms with E-state index in [4.69, 9.17) is 17.0 Å². The minimum Gasteiger partial charge on any atom is -0.383 e. The van der Waals surface area contributed by atoms with Crippen molar-refractivity contribution in [3.05, 3.63) is 0 Å². The molecule has 1 aliphatic carbocycles. The molecule has 6 heteroatoms. The zero-order valence-corrected chi connectivity index (χ0v) is 11.1. The third-order valence-electron chi connectivity index (χ3n) is 2.87. The highest BCUT2D eigenvalue weighted by atomic mass is 32.1. The van der Waals surface area contributed by atoms with Gasteiger partial charge in [0, 0.05) is 19.6 Å². The molecular weight excluding hydrogens is 238 g/mol. The van der Waals surface area contributed by atoms with Gasteiger partial charge in [-0.05, 0) is 25.1 Å². The summed E-state index contributed by atoms with van der Waals surface area (Å²) < 4.78 is 4.88. The molecule has 0 unspecified atom stereocenters. The maximum absolute atomic E-state index is 11.7. The van der Waals surface area contributed by atoms with Crippen LogP contribution in [0.4, 0.5) is 0 Å². The fourth-order valence-electron chi connectivity index (χ4n) is 1.90. The minimum absolute atomic E-state index is 0.0422. The van der Waals surface area contributed by atoms with Crippen LogP contribution < -0.4 is 16.2 Å². The minimum atomic E-state index is 0.0422. The summed E-state index contributed by atoms with van der Waals surface area (Å²) in [7, 11) is 1.63. The summed E-state index contributed by atoms with van der Waals surface area (Å²) in [5, 5.41) is 3.34. The number of hydrogen-bond acceptors (Lipinski definition) is 3. The Morgan fingerprint density at radius 2 is 2.00 bits per heavy atom. The number of methoxy groups -OCH3 is 1. The number of carbonyl (C=O) groups is 1. The first-order chi connectivity index (χ1) is 8.24. The molecule has 17 heavy (non-hydrogen) atoms. The SMILES string of the molecule is COCCNC(=S)NNC(=O)C1CCCCC1. The summed E-state index contributed by atoms with van der Waals surface area (Å²) in [6.07, 6.45) is 5.51. The lowest BCUT2D eigenvalue weighted by Gasteiger charge is -2.21. The third kappa shape index (κ3) is 5.83. The molecule has 1 amide bonds. The zero-order valence-electron chi connectivity index (χ0n) is 10.3. The van der Waals surface area contributed by atoms with Crippen molar-refractivity contribution in [3.63, 3.8) is 0 Å². The Kier molecular flexibility index (Phi) is 6.88. The second-order valence-electron chi connectivity index (χ2n) is 4.20. The molecule has 0 aromatic rings. The Labute approximate surface area is 108 Å². The van der Waals surface area contributed by atoms with Crippen LogP contribution in [0.15, 0.2) is 0 Å². The number of nitrogens with one attached hydrogen (secondary N) is 3. The largest absolute Gasteiger partial charge is 0.383 e. The van der Waals surface area contributed by atoms with E-state index in [2.05, 4.69) is 16.2 Å². The van der Waals surface area contributed by atoms with Gasteiger partial charge in [-0.3, -0.25) is 15.6 Å². The zero-order chi connectivity index (χ0) is 12.5. The monoisotopic (exact) mass is 259 g/mol. The molecule has 98 valence electrons. The lowest BCUT2D eigenvalue weighted by molar-refractivity contribution is -0.126. The van der Waals surface area contributed by atoms with Gasteiger partial charge in [-0.15, -0.1) is 0 Å². The van der Waals surface area contributed by atoms with Crippen molar-refractivity contribution in [2.75, 3.05) is 20.3 Å². The van der Waals surface area contributed by atoms with Crippen LogP contribution in [0.1, 0.15) is 32.1 Å². The van der Waals surface area contributed by atoms with Crippen LogP contribution in [0.5, 0.6) is 0 Å². The molecule has 0 heterocycles. The van der Waals surface area contributed by atoms with E-state index in [0.717, 1.165) is 25.7 Å². The third-order valence-corrected chi connectivity index (χ3v) is 3.11. The molecule has 0 radical (unpaired) electrons. The summed E-state index contributed by atoms with van der Waals surface area (Å²) in [4.78, 5) is 11.7. The van der Waals surface area contributed by atoms with Crippen molar-refractivity contribution >= 4 is 23.2 Å². The highest BCUT2D eigenvalue weighted by Gasteiger charge is 2.20. The highest BCUT2D eigenvalue weighted by molar-refractivity contribution is 7.80. The molecule has 0 bridgehead atoms. The Balaban J connectivity index is 2.11. The van der Waals surface area contributed by atoms with Crippen molar-refractivity contribution in [2.45, 2.75) is 32.1 Å². The van der Waals surface area contributed by atoms with Crippen molar-refractivity contribution in [1.29, 1.82) is 0 Å². The molecule has 5 nitrogen and oxygen atoms in total. The van der Waals surface area contributed by atoms with Crippen molar-refractivity contribution in [1.82, 2.24) is 16.2 Å². The van der Waals surface area contributed by atoms with Crippen LogP contribution in [-0.4, -0.2) is 31.3 Å². The van der Waals surface area contributed by atoms with Crippen LogP contribution in [0.3, 0.4) is 0 Å². The van der Waals surface area contributed by atoms with Gasteiger partial charge >= 0.3 is 0 Å². The number of hydrogen-bond donors (Lipinski definition) is 3. The molecular formula is C11H21N3O2S. The van der Waals surface area contributed by atoms with Crippen LogP contribution >= 0.6 is 12.2 Å². The highest BCUT2D eigenvalue weighted by Crippen LogP contribution is 2.23. The lowest BCUT2D eigenvalue weighted by atomic mass is 9.89. The lowest BCUT2D eigenvalue weighted by Crippen LogP contribution is -2.49. The van der Waals surface area contributed by atoms with E-state index < -0.39 is 0 Å². The van der Waals surface area contributed by atoms with Crippen LogP contribution in [0.2, 0.25) is 0 Å². The van der Waals surface area contributed by atoms with Gasteiger partial charge in [0.2, 0.25) is 5.91 Å². The van der Waals surface area contributed by atoms with Crippen molar-refractivity contribution in [3.8, 4) is 0 Å². The average molecular weight is 259 g/mol. The molecule has 1 rings (SSSR count). The molecule has 3 N–H and O–H groups in total. The Morgan fingerprint density at radius 1 is 1.29 bits per heavy atom. The van der Waals surface area contributed by atoms with Gasteiger partial charge in [0.1, 0.15) is 0 Å². The van der Waals surface area contributed by atoms with Gasteiger partial charge in [-0.25, -0.2) is 0 Å². The maximum Gasteiger partial charge on any atom is 0.241 e. The molecule has 1 saturated carbocycles. The number of carbonyl (C=O) groups excluding carboxylic acids is 1. The predicted octanol–water partition coefficient (Wildman–Crippen LogP) is 0.708. The summed E-state index contributed by atoms with van der Waals surface area (Å²) in [6.45, 7) is 1.21. The van der Waals surface area contributed by atoms with Crippen LogP contribution in [0, 0.1) is 5.92 Å². The first-order valence-electron chi connectivity index (χ1n) is 6.06. The van der Waals surface area contributed by atoms with E-state index in [1.807, 2.05) is 0 Å². The summed E-state index contributed by atoms with van der Waals surface area (Å²) >= 11 is 4.99. The summed E-state index contributed by atoms with van der Waals surface area (Å²) in [6, 6.07) is 0. The van der Waals surface area contributed by atoms with Gasteiger partial charge < -0.3 is 10.1 Å². The molecule has 0 aromatic heterocycles. The van der Waals surface area contributed by atoms with E-state index in [1.165, 1.54) is 6.42 Å². The van der Waals surface area contributed by atoms with E-state index in [9.17, 15) is 4.79 Å². The van der Waals surface area contributed by atoms with Gasteiger partial charge in [0.05, 0.1) is 6.61 Å². The molecule has 0 saturated heterocycles. The standard InChI is InChI=1S/C11H21N3O2S/c1-16-8-7-12-11(17)14-13-10(15)9-5-3-2-4-6-9/h9H,2-8H2,1H3,(H,13,15)(H2,12,14,17). The number of rotatable bonds is 4. The van der Waals surface area contributed by atoms with Gasteiger partial charge in [0.25, 0.3) is 0 Å². The van der Waals surface area contributed by atoms with Crippen molar-refractivity contribution < 1.29 is 9.53 Å². The molecule has 0 aromatic carbocycles. The molecule has 0 aliphatic heterocycles. The topological polar surface area (TPSA) is 62.4 Å². The van der Waals surface area contributed by atoms with E-state index in [0.29, 0.717) is 18.3 Å². The van der Waals surface area contributed by atoms with Gasteiger partial charge in [0.15, 0.2) is 5.11 Å². The first kappa shape index (κ1) is 14.2. The molecule has 1 fully saturated rings. The van der Waals surface area contributed by atoms with Crippen LogP contribution in [-0.2, 0) is 9.53 Å². The predicted molar refractivity (Wildman–Crippen MR) is 70.3 cm³/mol. The molecule has 0 spiro atoms. The second kappa shape index (κ2) is 8.25. The van der Waals surface area contributed by atoms with Gasteiger partial charge in [-0.2, -0.15) is 0 Å². The van der Waals surface area contributed by atoms with E-state index >= 15 is 0 Å². The Hall–Kier alpha value is -0.880. The van der Waals surface area contributed by atoms with E-state index in [1.54, 1.807) is 7.11 Å². The quantitative estimate of drug-likeness (QED) is 0.394. The fourth-order valence-corrected chi connectivity index (χ4v) is 2.05. The fraction of sp³-hybridized carbons (Fsp3) is 0.818. The Morgan fingerprint density at radius 3 is 2.65 bits per heavy atom. The van der Waals surface area contributed by atoms with Crippen LogP contribution in [0.25, 0.3) is 0 Å². The first-order valence-corrected chi connectivity index (χ1v) is 6.47. The van der Waals surface area contributed by atoms with Crippen molar-refractivity contribution in [2.24, 2.45) is 5.92 Å². The molecule has 1 aliphatic rings. The van der Waals surface area contributed by atoms with Gasteiger partial charge in [-0.1, -0.05) is 19.3 Å². The normalized spacial score (nSPS) is 16.3. The second-order valence-corrected chi connectivity index (χ2v) is 4.61. The average Bonchev–Trinajstić information content (AvgIpc) is 2.37. The number of thiocarbonyl (C=S) groups is 1. The maximum atomic E-state index is 11.7. The number of amides is 1. The smallest absolute Gasteiger partial charge is 0.241 e. The Bertz CT molecular complexity index is 255. The van der Waals surface area contributed by atoms with E-state index in [-0.39, 0.29) is 11.8 Å².